The molecule has 25 heavy (non-hydrogen) atoms. The maximum Gasteiger partial charge on any atom is 0.306 e. The SMILES string of the molecule is Cn1ccnc1SCc1ccc(C(=O)NC2CCC(C(=O)O)CC2)o1. The van der Waals surface area contributed by atoms with E-state index in [-0.39, 0.29) is 23.6 Å². The summed E-state index contributed by atoms with van der Waals surface area (Å²) >= 11 is 1.54. The molecule has 134 valence electrons. The van der Waals surface area contributed by atoms with Crippen LogP contribution >= 0.6 is 11.8 Å². The van der Waals surface area contributed by atoms with Crippen molar-refractivity contribution in [3.8, 4) is 0 Å². The highest BCUT2D eigenvalue weighted by atomic mass is 32.2. The Balaban J connectivity index is 1.49. The summed E-state index contributed by atoms with van der Waals surface area (Å²) < 4.78 is 7.55. The van der Waals surface area contributed by atoms with Crippen LogP contribution in [0.2, 0.25) is 0 Å². The van der Waals surface area contributed by atoms with E-state index in [1.54, 1.807) is 30.1 Å². The van der Waals surface area contributed by atoms with Crippen LogP contribution in [-0.2, 0) is 17.6 Å². The fraction of sp³-hybridized carbons (Fsp3) is 0.471. The van der Waals surface area contributed by atoms with Crippen LogP contribution in [0.25, 0.3) is 0 Å². The van der Waals surface area contributed by atoms with E-state index in [2.05, 4.69) is 10.3 Å². The number of aryl methyl sites for hydroxylation is 1. The van der Waals surface area contributed by atoms with Crippen molar-refractivity contribution >= 4 is 23.6 Å². The Labute approximate surface area is 149 Å². The first-order valence-electron chi connectivity index (χ1n) is 8.25. The molecule has 1 aliphatic carbocycles. The molecule has 0 unspecified atom stereocenters. The number of amides is 1. The molecule has 8 heteroatoms. The van der Waals surface area contributed by atoms with Crippen molar-refractivity contribution in [2.75, 3.05) is 0 Å². The molecule has 2 N–H and O–H groups in total. The molecule has 2 aromatic heterocycles. The van der Waals surface area contributed by atoms with Crippen molar-refractivity contribution in [1.29, 1.82) is 0 Å². The van der Waals surface area contributed by atoms with Gasteiger partial charge in [0.15, 0.2) is 10.9 Å². The Hall–Kier alpha value is -2.22. The van der Waals surface area contributed by atoms with E-state index in [0.29, 0.717) is 37.2 Å². The van der Waals surface area contributed by atoms with Crippen molar-refractivity contribution in [2.24, 2.45) is 13.0 Å². The van der Waals surface area contributed by atoms with E-state index in [1.165, 1.54) is 0 Å². The molecule has 0 aliphatic heterocycles. The summed E-state index contributed by atoms with van der Waals surface area (Å²) in [6.07, 6.45) is 6.19. The summed E-state index contributed by atoms with van der Waals surface area (Å²) in [6.45, 7) is 0. The third kappa shape index (κ3) is 4.45. The minimum Gasteiger partial charge on any atom is -0.481 e. The molecule has 7 nitrogen and oxygen atoms in total. The molecule has 2 aromatic rings. The van der Waals surface area contributed by atoms with E-state index in [9.17, 15) is 9.59 Å². The number of hydrogen-bond donors (Lipinski definition) is 2. The smallest absolute Gasteiger partial charge is 0.306 e. The maximum atomic E-state index is 12.3. The molecular formula is C17H21N3O4S. The summed E-state index contributed by atoms with van der Waals surface area (Å²) in [5.41, 5.74) is 0. The van der Waals surface area contributed by atoms with Gasteiger partial charge in [0.2, 0.25) is 0 Å². The standard InChI is InChI=1S/C17H21N3O4S/c1-20-9-8-18-17(20)25-10-13-6-7-14(24-13)15(21)19-12-4-2-11(3-5-12)16(22)23/h6-9,11-12H,2-5,10H2,1H3,(H,19,21)(H,22,23). The normalized spacial score (nSPS) is 20.4. The highest BCUT2D eigenvalue weighted by Crippen LogP contribution is 2.25. The monoisotopic (exact) mass is 363 g/mol. The largest absolute Gasteiger partial charge is 0.481 e. The number of aromatic nitrogens is 2. The third-order valence-corrected chi connectivity index (χ3v) is 5.50. The van der Waals surface area contributed by atoms with Gasteiger partial charge < -0.3 is 19.4 Å². The van der Waals surface area contributed by atoms with Gasteiger partial charge in [-0.25, -0.2) is 4.98 Å². The number of rotatable bonds is 6. The second kappa shape index (κ2) is 7.77. The summed E-state index contributed by atoms with van der Waals surface area (Å²) in [7, 11) is 1.93. The molecule has 0 bridgehead atoms. The van der Waals surface area contributed by atoms with Crippen molar-refractivity contribution in [1.82, 2.24) is 14.9 Å². The number of nitrogens with one attached hydrogen (secondary N) is 1. The molecule has 1 fully saturated rings. The Kier molecular flexibility index (Phi) is 5.47. The lowest BCUT2D eigenvalue weighted by molar-refractivity contribution is -0.142. The highest BCUT2D eigenvalue weighted by Gasteiger charge is 2.27. The number of furan rings is 1. The topological polar surface area (TPSA) is 97.4 Å². The van der Waals surface area contributed by atoms with Gasteiger partial charge in [0.05, 0.1) is 11.7 Å². The van der Waals surface area contributed by atoms with Gasteiger partial charge >= 0.3 is 5.97 Å². The molecule has 0 aromatic carbocycles. The Morgan fingerprint density at radius 3 is 2.76 bits per heavy atom. The molecule has 0 spiro atoms. The van der Waals surface area contributed by atoms with Crippen LogP contribution < -0.4 is 5.32 Å². The van der Waals surface area contributed by atoms with E-state index < -0.39 is 5.97 Å². The Morgan fingerprint density at radius 2 is 2.12 bits per heavy atom. The molecule has 1 saturated carbocycles. The Bertz CT molecular complexity index is 747. The van der Waals surface area contributed by atoms with Gasteiger partial charge in [-0.15, -0.1) is 0 Å². The molecule has 3 rings (SSSR count). The average Bonchev–Trinajstić information content (AvgIpc) is 3.22. The van der Waals surface area contributed by atoms with Gasteiger partial charge in [0.1, 0.15) is 5.76 Å². The van der Waals surface area contributed by atoms with Gasteiger partial charge in [-0.1, -0.05) is 11.8 Å². The fourth-order valence-electron chi connectivity index (χ4n) is 2.95. The molecular weight excluding hydrogens is 342 g/mol. The number of imidazole rings is 1. The van der Waals surface area contributed by atoms with E-state index >= 15 is 0 Å². The van der Waals surface area contributed by atoms with Gasteiger partial charge in [-0.3, -0.25) is 9.59 Å². The van der Waals surface area contributed by atoms with Crippen molar-refractivity contribution in [2.45, 2.75) is 42.6 Å². The van der Waals surface area contributed by atoms with Gasteiger partial charge in [-0.2, -0.15) is 0 Å². The summed E-state index contributed by atoms with van der Waals surface area (Å²) in [5.74, 6) is 0.328. The predicted molar refractivity (Wildman–Crippen MR) is 92.3 cm³/mol. The lowest BCUT2D eigenvalue weighted by atomic mass is 9.86. The molecule has 1 amide bonds. The van der Waals surface area contributed by atoms with Crippen LogP contribution in [0, 0.1) is 5.92 Å². The number of hydrogen-bond acceptors (Lipinski definition) is 5. The summed E-state index contributed by atoms with van der Waals surface area (Å²) in [6, 6.07) is 3.48. The zero-order valence-corrected chi connectivity index (χ0v) is 14.8. The fourth-order valence-corrected chi connectivity index (χ4v) is 3.77. The number of nitrogens with zero attached hydrogens (tertiary/aromatic N) is 2. The van der Waals surface area contributed by atoms with Crippen molar-refractivity contribution < 1.29 is 19.1 Å². The first-order chi connectivity index (χ1) is 12.0. The maximum absolute atomic E-state index is 12.3. The lowest BCUT2D eigenvalue weighted by Crippen LogP contribution is -2.38. The average molecular weight is 363 g/mol. The molecule has 2 heterocycles. The van der Waals surface area contributed by atoms with Gasteiger partial charge in [0.25, 0.3) is 5.91 Å². The second-order valence-corrected chi connectivity index (χ2v) is 7.18. The van der Waals surface area contributed by atoms with Crippen molar-refractivity contribution in [3.63, 3.8) is 0 Å². The summed E-state index contributed by atoms with van der Waals surface area (Å²) in [4.78, 5) is 27.5. The highest BCUT2D eigenvalue weighted by molar-refractivity contribution is 7.98. The Morgan fingerprint density at radius 1 is 1.36 bits per heavy atom. The lowest BCUT2D eigenvalue weighted by Gasteiger charge is -2.26. The van der Waals surface area contributed by atoms with Gasteiger partial charge in [-0.05, 0) is 37.8 Å². The first-order valence-corrected chi connectivity index (χ1v) is 9.24. The van der Waals surface area contributed by atoms with E-state index in [0.717, 1.165) is 5.16 Å². The molecule has 0 saturated heterocycles. The van der Waals surface area contributed by atoms with Crippen LogP contribution in [0.15, 0.2) is 34.1 Å². The van der Waals surface area contributed by atoms with E-state index in [4.69, 9.17) is 9.52 Å². The number of carboxylic acid groups (broad SMARTS) is 1. The number of aliphatic carboxylic acids is 1. The number of carboxylic acids is 1. The van der Waals surface area contributed by atoms with Crippen molar-refractivity contribution in [3.05, 3.63) is 36.0 Å². The van der Waals surface area contributed by atoms with E-state index in [1.807, 2.05) is 17.8 Å². The van der Waals surface area contributed by atoms with Crippen LogP contribution in [-0.4, -0.2) is 32.6 Å². The van der Waals surface area contributed by atoms with Crippen LogP contribution in [0.5, 0.6) is 0 Å². The van der Waals surface area contributed by atoms with Crippen LogP contribution in [0.1, 0.15) is 42.0 Å². The molecule has 0 atom stereocenters. The quantitative estimate of drug-likeness (QED) is 0.766. The first kappa shape index (κ1) is 17.6. The number of thioether (sulfide) groups is 1. The summed E-state index contributed by atoms with van der Waals surface area (Å²) in [5, 5.41) is 12.8. The third-order valence-electron chi connectivity index (χ3n) is 4.42. The number of carbonyl (C=O) groups is 2. The van der Waals surface area contributed by atoms with Gasteiger partial charge in [0, 0.05) is 25.5 Å². The second-order valence-electron chi connectivity index (χ2n) is 6.24. The number of carbonyl (C=O) groups excluding carboxylic acids is 1. The molecule has 1 aliphatic rings. The molecule has 0 radical (unpaired) electrons. The predicted octanol–water partition coefficient (Wildman–Crippen LogP) is 2.68. The minimum absolute atomic E-state index is 0.0126. The van der Waals surface area contributed by atoms with Crippen LogP contribution in [0.4, 0.5) is 0 Å². The zero-order chi connectivity index (χ0) is 17.8. The minimum atomic E-state index is -0.745. The van der Waals surface area contributed by atoms with Crippen LogP contribution in [0.3, 0.4) is 0 Å². The zero-order valence-electron chi connectivity index (χ0n) is 14.0.